The Labute approximate surface area is 222 Å². The summed E-state index contributed by atoms with van der Waals surface area (Å²) in [6, 6.07) is 20.4. The van der Waals surface area contributed by atoms with E-state index in [4.69, 9.17) is 16.1 Å². The Bertz CT molecular complexity index is 1320. The second-order valence-electron chi connectivity index (χ2n) is 9.79. The summed E-state index contributed by atoms with van der Waals surface area (Å²) in [5.41, 5.74) is 2.14. The van der Waals surface area contributed by atoms with Crippen LogP contribution in [0.3, 0.4) is 0 Å². The maximum absolute atomic E-state index is 15.5. The molecule has 0 aliphatic carbocycles. The number of halogens is 4. The van der Waals surface area contributed by atoms with E-state index in [1.165, 1.54) is 18.5 Å². The van der Waals surface area contributed by atoms with Gasteiger partial charge in [0.2, 0.25) is 12.2 Å². The molecule has 8 heteroatoms. The normalized spacial score (nSPS) is 16.5. The van der Waals surface area contributed by atoms with Crippen LogP contribution < -0.4 is 0 Å². The molecule has 1 fully saturated rings. The fourth-order valence-electron chi connectivity index (χ4n) is 5.36. The van der Waals surface area contributed by atoms with Crippen molar-refractivity contribution < 1.29 is 13.3 Å². The van der Waals surface area contributed by atoms with Gasteiger partial charge in [0, 0.05) is 34.1 Å². The van der Waals surface area contributed by atoms with Crippen molar-refractivity contribution in [2.75, 3.05) is 13.1 Å². The Morgan fingerprint density at radius 2 is 1.78 bits per heavy atom. The van der Waals surface area contributed by atoms with Crippen LogP contribution in [0.25, 0.3) is 11.4 Å². The Morgan fingerprint density at radius 1 is 1.03 bits per heavy atom. The summed E-state index contributed by atoms with van der Waals surface area (Å²) in [5.74, 6) is -0.280. The van der Waals surface area contributed by atoms with Crippen LogP contribution >= 0.6 is 27.5 Å². The van der Waals surface area contributed by atoms with Gasteiger partial charge in [-0.3, -0.25) is 4.90 Å². The van der Waals surface area contributed by atoms with Gasteiger partial charge in [0.25, 0.3) is 0 Å². The molecule has 0 unspecified atom stereocenters. The fourth-order valence-corrected chi connectivity index (χ4v) is 5.97. The van der Waals surface area contributed by atoms with E-state index in [2.05, 4.69) is 43.1 Å². The molecule has 0 radical (unpaired) electrons. The molecular weight excluding hydrogens is 548 g/mol. The van der Waals surface area contributed by atoms with Gasteiger partial charge in [-0.05, 0) is 72.9 Å². The third kappa shape index (κ3) is 5.24. The molecule has 2 heterocycles. The minimum Gasteiger partial charge on any atom is -0.342 e. The molecule has 186 valence electrons. The lowest BCUT2D eigenvalue weighted by Gasteiger charge is -2.50. The Morgan fingerprint density at radius 3 is 2.42 bits per heavy atom. The first kappa shape index (κ1) is 25.1. The molecule has 1 aromatic heterocycles. The number of likely N-dealkylation sites (tertiary alicyclic amines) is 1. The predicted octanol–water partition coefficient (Wildman–Crippen LogP) is 7.84. The van der Waals surface area contributed by atoms with E-state index >= 15 is 4.39 Å². The van der Waals surface area contributed by atoms with E-state index in [0.29, 0.717) is 34.0 Å². The van der Waals surface area contributed by atoms with Crippen molar-refractivity contribution >= 4 is 27.5 Å². The van der Waals surface area contributed by atoms with Crippen LogP contribution in [-0.4, -0.2) is 33.8 Å². The molecule has 3 aromatic carbocycles. The van der Waals surface area contributed by atoms with Crippen molar-refractivity contribution in [3.63, 3.8) is 0 Å². The number of rotatable bonds is 7. The molecule has 0 amide bonds. The number of benzene rings is 3. The first-order valence-corrected chi connectivity index (χ1v) is 12.9. The average molecular weight is 573 g/mol. The van der Waals surface area contributed by atoms with Crippen molar-refractivity contribution in [1.29, 1.82) is 0 Å². The average Bonchev–Trinajstić information content (AvgIpc) is 3.32. The Hall–Kier alpha value is -2.61. The van der Waals surface area contributed by atoms with Crippen molar-refractivity contribution in [3.05, 3.63) is 105 Å². The van der Waals surface area contributed by atoms with Crippen LogP contribution in [0, 0.1) is 11.7 Å². The van der Waals surface area contributed by atoms with Crippen LogP contribution in [0.5, 0.6) is 0 Å². The van der Waals surface area contributed by atoms with Gasteiger partial charge in [-0.25, -0.2) is 8.78 Å². The lowest BCUT2D eigenvalue weighted by Crippen LogP contribution is -2.53. The predicted molar refractivity (Wildman–Crippen MR) is 140 cm³/mol. The summed E-state index contributed by atoms with van der Waals surface area (Å²) in [5, 5.41) is 4.63. The molecular formula is C28H25BrClF2N3O. The first-order chi connectivity index (χ1) is 17.2. The summed E-state index contributed by atoms with van der Waals surface area (Å²) < 4.78 is 35.3. The SMILES string of the molecule is CC(C)(F)[C@H](c1cc(F)cc(Br)c1)C1CN([C@@H](c2ccc(Cl)cc2)c2cccc(-c3ncon3)c2)C1. The van der Waals surface area contributed by atoms with E-state index in [1.54, 1.807) is 13.8 Å². The van der Waals surface area contributed by atoms with Gasteiger partial charge in [0.1, 0.15) is 11.5 Å². The van der Waals surface area contributed by atoms with Gasteiger partial charge in [0.15, 0.2) is 0 Å². The monoisotopic (exact) mass is 571 g/mol. The van der Waals surface area contributed by atoms with Gasteiger partial charge in [-0.15, -0.1) is 0 Å². The molecule has 0 bridgehead atoms. The highest BCUT2D eigenvalue weighted by molar-refractivity contribution is 9.10. The van der Waals surface area contributed by atoms with E-state index in [1.807, 2.05) is 42.5 Å². The van der Waals surface area contributed by atoms with Crippen LogP contribution in [0.15, 0.2) is 82.1 Å². The number of aromatic nitrogens is 2. The van der Waals surface area contributed by atoms with E-state index in [-0.39, 0.29) is 17.8 Å². The fraction of sp³-hybridized carbons (Fsp3) is 0.286. The lowest BCUT2D eigenvalue weighted by atomic mass is 9.72. The topological polar surface area (TPSA) is 42.2 Å². The molecule has 0 spiro atoms. The number of nitrogens with zero attached hydrogens (tertiary/aromatic N) is 3. The summed E-state index contributed by atoms with van der Waals surface area (Å²) in [4.78, 5) is 6.49. The van der Waals surface area contributed by atoms with E-state index in [0.717, 1.165) is 16.7 Å². The minimum atomic E-state index is -1.52. The molecule has 0 N–H and O–H groups in total. The minimum absolute atomic E-state index is 0.0221. The maximum Gasteiger partial charge on any atom is 0.214 e. The first-order valence-electron chi connectivity index (χ1n) is 11.7. The molecule has 5 rings (SSSR count). The molecule has 4 nitrogen and oxygen atoms in total. The molecule has 1 aliphatic rings. The molecule has 2 atom stereocenters. The van der Waals surface area contributed by atoms with Gasteiger partial charge < -0.3 is 4.52 Å². The summed E-state index contributed by atoms with van der Waals surface area (Å²) >= 11 is 9.54. The summed E-state index contributed by atoms with van der Waals surface area (Å²) in [6.45, 7) is 4.46. The highest BCUT2D eigenvalue weighted by atomic mass is 79.9. The van der Waals surface area contributed by atoms with Crippen LogP contribution in [-0.2, 0) is 0 Å². The van der Waals surface area contributed by atoms with Crippen molar-refractivity contribution in [1.82, 2.24) is 15.0 Å². The van der Waals surface area contributed by atoms with Gasteiger partial charge in [0.05, 0.1) is 6.04 Å². The number of alkyl halides is 1. The molecule has 1 saturated heterocycles. The van der Waals surface area contributed by atoms with Crippen molar-refractivity contribution in [3.8, 4) is 11.4 Å². The van der Waals surface area contributed by atoms with Crippen molar-refractivity contribution in [2.45, 2.75) is 31.5 Å². The lowest BCUT2D eigenvalue weighted by molar-refractivity contribution is 0.00812. The standard InChI is InChI=1S/C28H25BrClF2N3O/c1-28(2,32)25(20-11-22(29)13-24(31)12-20)21-14-35(15-21)26(17-6-8-23(30)9-7-17)18-4-3-5-19(10-18)27-33-16-36-34-27/h3-13,16,21,25-26H,14-15H2,1-2H3/t25-,26+/m1/s1. The summed E-state index contributed by atoms with van der Waals surface area (Å²) in [7, 11) is 0. The van der Waals surface area contributed by atoms with Crippen molar-refractivity contribution in [2.24, 2.45) is 5.92 Å². The second kappa shape index (κ2) is 10.0. The van der Waals surface area contributed by atoms with Gasteiger partial charge in [-0.1, -0.05) is 63.0 Å². The van der Waals surface area contributed by atoms with E-state index < -0.39 is 11.6 Å². The highest BCUT2D eigenvalue weighted by Crippen LogP contribution is 2.46. The molecule has 0 saturated carbocycles. The molecule has 36 heavy (non-hydrogen) atoms. The third-order valence-corrected chi connectivity index (χ3v) is 7.48. The van der Waals surface area contributed by atoms with Gasteiger partial charge in [-0.2, -0.15) is 4.98 Å². The van der Waals surface area contributed by atoms with Crippen LogP contribution in [0.4, 0.5) is 8.78 Å². The molecule has 1 aliphatic heterocycles. The maximum atomic E-state index is 15.5. The summed E-state index contributed by atoms with van der Waals surface area (Å²) in [6.07, 6.45) is 1.31. The Balaban J connectivity index is 1.47. The largest absolute Gasteiger partial charge is 0.342 e. The van der Waals surface area contributed by atoms with Crippen LogP contribution in [0.2, 0.25) is 5.02 Å². The van der Waals surface area contributed by atoms with Gasteiger partial charge >= 0.3 is 0 Å². The highest BCUT2D eigenvalue weighted by Gasteiger charge is 2.45. The van der Waals surface area contributed by atoms with E-state index in [9.17, 15) is 4.39 Å². The smallest absolute Gasteiger partial charge is 0.214 e. The second-order valence-corrected chi connectivity index (χ2v) is 11.1. The zero-order valence-corrected chi connectivity index (χ0v) is 22.2. The number of hydrogen-bond donors (Lipinski definition) is 0. The number of hydrogen-bond acceptors (Lipinski definition) is 4. The quantitative estimate of drug-likeness (QED) is 0.226. The zero-order valence-electron chi connectivity index (χ0n) is 19.8. The third-order valence-electron chi connectivity index (χ3n) is 6.77. The van der Waals surface area contributed by atoms with Crippen LogP contribution in [0.1, 0.15) is 42.5 Å². The Kier molecular flexibility index (Phi) is 6.99. The zero-order chi connectivity index (χ0) is 25.4. The molecule has 4 aromatic rings.